The van der Waals surface area contributed by atoms with Crippen LogP contribution in [0.25, 0.3) is 0 Å². The second kappa shape index (κ2) is 6.53. The van der Waals surface area contributed by atoms with Gasteiger partial charge in [0.25, 0.3) is 5.69 Å². The van der Waals surface area contributed by atoms with Gasteiger partial charge in [0.2, 0.25) is 0 Å². The van der Waals surface area contributed by atoms with Crippen LogP contribution < -0.4 is 11.1 Å². The first kappa shape index (κ1) is 15.2. The molecule has 1 saturated carbocycles. The molecular weight excluding hydrogens is 272 g/mol. The van der Waals surface area contributed by atoms with Crippen molar-refractivity contribution in [2.24, 2.45) is 11.7 Å². The highest BCUT2D eigenvalue weighted by molar-refractivity contribution is 5.89. The molecule has 1 fully saturated rings. The van der Waals surface area contributed by atoms with Crippen LogP contribution >= 0.6 is 0 Å². The summed E-state index contributed by atoms with van der Waals surface area (Å²) in [6, 6.07) is 5.79. The molecule has 0 heterocycles. The largest absolute Gasteiger partial charge is 0.330 e. The lowest BCUT2D eigenvalue weighted by molar-refractivity contribution is -0.384. The fourth-order valence-corrected chi connectivity index (χ4v) is 2.86. The van der Waals surface area contributed by atoms with Gasteiger partial charge in [-0.3, -0.25) is 10.1 Å². The van der Waals surface area contributed by atoms with Gasteiger partial charge in [-0.15, -0.1) is 0 Å². The van der Waals surface area contributed by atoms with E-state index in [0.717, 1.165) is 19.3 Å². The zero-order chi connectivity index (χ0) is 15.4. The molecule has 7 nitrogen and oxygen atoms in total. The molecule has 2 unspecified atom stereocenters. The summed E-state index contributed by atoms with van der Waals surface area (Å²) >= 11 is 0. The normalized spacial score (nSPS) is 21.0. The van der Waals surface area contributed by atoms with E-state index in [-0.39, 0.29) is 17.8 Å². The maximum atomic E-state index is 12.2. The van der Waals surface area contributed by atoms with E-state index in [9.17, 15) is 14.9 Å². The summed E-state index contributed by atoms with van der Waals surface area (Å²) < 4.78 is 0. The van der Waals surface area contributed by atoms with E-state index in [2.05, 4.69) is 5.32 Å². The highest BCUT2D eigenvalue weighted by Crippen LogP contribution is 2.29. The number of nitro benzene ring substituents is 1. The summed E-state index contributed by atoms with van der Waals surface area (Å²) in [6.07, 6.45) is 3.05. The minimum absolute atomic E-state index is 0.0452. The average molecular weight is 292 g/mol. The first-order valence-electron chi connectivity index (χ1n) is 7.01. The van der Waals surface area contributed by atoms with Gasteiger partial charge in [-0.2, -0.15) is 0 Å². The number of carbonyl (C=O) groups excluding carboxylic acids is 1. The molecule has 0 spiro atoms. The molecule has 7 heteroatoms. The summed E-state index contributed by atoms with van der Waals surface area (Å²) in [5.41, 5.74) is 6.11. The zero-order valence-corrected chi connectivity index (χ0v) is 12.0. The quantitative estimate of drug-likeness (QED) is 0.656. The predicted octanol–water partition coefficient (Wildman–Crippen LogP) is 2.19. The molecule has 0 radical (unpaired) electrons. The molecule has 0 aromatic heterocycles. The van der Waals surface area contributed by atoms with Crippen molar-refractivity contribution >= 4 is 17.4 Å². The molecule has 2 atom stereocenters. The number of nitrogens with one attached hydrogen (secondary N) is 1. The number of hydrogen-bond donors (Lipinski definition) is 2. The van der Waals surface area contributed by atoms with Gasteiger partial charge in [-0.05, 0) is 31.4 Å². The van der Waals surface area contributed by atoms with Gasteiger partial charge in [-0.1, -0.05) is 12.5 Å². The number of rotatable bonds is 4. The first-order valence-corrected chi connectivity index (χ1v) is 7.01. The Balaban J connectivity index is 2.03. The highest BCUT2D eigenvalue weighted by Gasteiger charge is 2.31. The van der Waals surface area contributed by atoms with Crippen LogP contribution in [-0.4, -0.2) is 35.5 Å². The number of nitro groups is 1. The molecule has 1 aromatic carbocycles. The Morgan fingerprint density at radius 2 is 2.29 bits per heavy atom. The fourth-order valence-electron chi connectivity index (χ4n) is 2.86. The summed E-state index contributed by atoms with van der Waals surface area (Å²) in [4.78, 5) is 24.1. The van der Waals surface area contributed by atoms with Gasteiger partial charge >= 0.3 is 6.03 Å². The van der Waals surface area contributed by atoms with Gasteiger partial charge in [0.1, 0.15) is 0 Å². The molecule has 2 rings (SSSR count). The maximum absolute atomic E-state index is 12.2. The fraction of sp³-hybridized carbons (Fsp3) is 0.500. The number of carbonyl (C=O) groups is 1. The van der Waals surface area contributed by atoms with Crippen LogP contribution in [0.1, 0.15) is 19.3 Å². The molecule has 1 aliphatic rings. The van der Waals surface area contributed by atoms with Crippen molar-refractivity contribution in [2.75, 3.05) is 18.9 Å². The van der Waals surface area contributed by atoms with Gasteiger partial charge in [0.15, 0.2) is 0 Å². The topological polar surface area (TPSA) is 102 Å². The monoisotopic (exact) mass is 292 g/mol. The number of non-ortho nitro benzene ring substituents is 1. The van der Waals surface area contributed by atoms with E-state index in [1.165, 1.54) is 12.1 Å². The number of amides is 2. The smallest absolute Gasteiger partial charge is 0.321 e. The molecule has 114 valence electrons. The molecule has 21 heavy (non-hydrogen) atoms. The van der Waals surface area contributed by atoms with Crippen molar-refractivity contribution in [3.63, 3.8) is 0 Å². The Kier molecular flexibility index (Phi) is 4.74. The van der Waals surface area contributed by atoms with E-state index in [4.69, 9.17) is 5.73 Å². The van der Waals surface area contributed by atoms with Gasteiger partial charge in [-0.25, -0.2) is 4.79 Å². The Morgan fingerprint density at radius 1 is 1.52 bits per heavy atom. The third-order valence-corrected chi connectivity index (χ3v) is 4.05. The second-order valence-corrected chi connectivity index (χ2v) is 5.34. The van der Waals surface area contributed by atoms with Gasteiger partial charge in [0, 0.05) is 30.9 Å². The summed E-state index contributed by atoms with van der Waals surface area (Å²) in [7, 11) is 1.74. The van der Waals surface area contributed by atoms with Crippen LogP contribution in [0.5, 0.6) is 0 Å². The Hall–Kier alpha value is -2.15. The number of urea groups is 1. The second-order valence-electron chi connectivity index (χ2n) is 5.34. The van der Waals surface area contributed by atoms with Crippen LogP contribution in [0.3, 0.4) is 0 Å². The van der Waals surface area contributed by atoms with Crippen molar-refractivity contribution in [3.05, 3.63) is 34.4 Å². The molecular formula is C14H20N4O3. The summed E-state index contributed by atoms with van der Waals surface area (Å²) in [5.74, 6) is 0.325. The summed E-state index contributed by atoms with van der Waals surface area (Å²) in [5, 5.41) is 13.4. The maximum Gasteiger partial charge on any atom is 0.321 e. The van der Waals surface area contributed by atoms with E-state index in [1.54, 1.807) is 24.1 Å². The van der Waals surface area contributed by atoms with Crippen molar-refractivity contribution in [1.29, 1.82) is 0 Å². The molecule has 2 amide bonds. The molecule has 1 aromatic rings. The third kappa shape index (κ3) is 3.49. The molecule has 1 aliphatic carbocycles. The predicted molar refractivity (Wildman–Crippen MR) is 80.1 cm³/mol. The zero-order valence-electron chi connectivity index (χ0n) is 12.0. The van der Waals surface area contributed by atoms with Crippen LogP contribution in [0.15, 0.2) is 24.3 Å². The van der Waals surface area contributed by atoms with E-state index in [1.807, 2.05) is 0 Å². The molecule has 0 saturated heterocycles. The van der Waals surface area contributed by atoms with E-state index in [0.29, 0.717) is 18.2 Å². The number of nitrogens with zero attached hydrogens (tertiary/aromatic N) is 2. The van der Waals surface area contributed by atoms with Crippen molar-refractivity contribution in [3.8, 4) is 0 Å². The van der Waals surface area contributed by atoms with Crippen molar-refractivity contribution in [2.45, 2.75) is 25.3 Å². The molecule has 0 bridgehead atoms. The number of nitrogens with two attached hydrogens (primary N) is 1. The van der Waals surface area contributed by atoms with E-state index < -0.39 is 4.92 Å². The Labute approximate surface area is 123 Å². The standard InChI is InChI=1S/C14H20N4O3/c1-17(13-7-2-4-10(13)9-15)14(19)16-11-5-3-6-12(8-11)18(20)21/h3,5-6,8,10,13H,2,4,7,9,15H2,1H3,(H,16,19). The SMILES string of the molecule is CN(C(=O)Nc1cccc([N+](=O)[O-])c1)C1CCCC1CN. The van der Waals surface area contributed by atoms with Crippen LogP contribution in [0, 0.1) is 16.0 Å². The number of benzene rings is 1. The molecule has 3 N–H and O–H groups in total. The lowest BCUT2D eigenvalue weighted by atomic mass is 10.0. The third-order valence-electron chi connectivity index (χ3n) is 4.05. The number of anilines is 1. The lowest BCUT2D eigenvalue weighted by Gasteiger charge is -2.29. The van der Waals surface area contributed by atoms with Crippen LogP contribution in [0.2, 0.25) is 0 Å². The molecule has 0 aliphatic heterocycles. The summed E-state index contributed by atoms with van der Waals surface area (Å²) in [6.45, 7) is 0.569. The van der Waals surface area contributed by atoms with Gasteiger partial charge in [0.05, 0.1) is 4.92 Å². The van der Waals surface area contributed by atoms with Crippen molar-refractivity contribution < 1.29 is 9.72 Å². The average Bonchev–Trinajstić information content (AvgIpc) is 2.95. The Bertz CT molecular complexity index is 535. The first-order chi connectivity index (χ1) is 10.0. The van der Waals surface area contributed by atoms with E-state index >= 15 is 0 Å². The Morgan fingerprint density at radius 3 is 2.95 bits per heavy atom. The van der Waals surface area contributed by atoms with Crippen molar-refractivity contribution in [1.82, 2.24) is 4.90 Å². The number of hydrogen-bond acceptors (Lipinski definition) is 4. The minimum Gasteiger partial charge on any atom is -0.330 e. The lowest BCUT2D eigenvalue weighted by Crippen LogP contribution is -2.43. The van der Waals surface area contributed by atoms with Crippen LogP contribution in [0.4, 0.5) is 16.2 Å². The van der Waals surface area contributed by atoms with Crippen LogP contribution in [-0.2, 0) is 0 Å². The highest BCUT2D eigenvalue weighted by atomic mass is 16.6. The van der Waals surface area contributed by atoms with Gasteiger partial charge < -0.3 is 16.0 Å². The minimum atomic E-state index is -0.485.